The van der Waals surface area contributed by atoms with Gasteiger partial charge >= 0.3 is 6.16 Å². The van der Waals surface area contributed by atoms with Crippen molar-refractivity contribution in [3.8, 4) is 5.75 Å². The third-order valence-corrected chi connectivity index (χ3v) is 4.46. The first-order chi connectivity index (χ1) is 16.2. The third kappa shape index (κ3) is 8.22. The molecular formula is C22H24N4O8. The SMILES string of the molecule is CC(C)C(NC=O)C(=O)NCC(=O)Nc1ccc(COC(=O)Oc2ccc([N+](=O)[O-])cc2)cc1. The predicted molar refractivity (Wildman–Crippen MR) is 120 cm³/mol. The molecule has 0 aliphatic rings. The summed E-state index contributed by atoms with van der Waals surface area (Å²) in [7, 11) is 0. The first-order valence-corrected chi connectivity index (χ1v) is 10.1. The van der Waals surface area contributed by atoms with E-state index in [1.165, 1.54) is 24.3 Å². The van der Waals surface area contributed by atoms with Crippen molar-refractivity contribution in [1.29, 1.82) is 0 Å². The minimum Gasteiger partial charge on any atom is -0.429 e. The molecule has 0 aliphatic heterocycles. The number of ether oxygens (including phenoxy) is 2. The zero-order valence-corrected chi connectivity index (χ0v) is 18.5. The van der Waals surface area contributed by atoms with Gasteiger partial charge in [0.2, 0.25) is 18.2 Å². The molecule has 0 spiro atoms. The number of carbonyl (C=O) groups excluding carboxylic acids is 4. The quantitative estimate of drug-likeness (QED) is 0.147. The number of hydrogen-bond donors (Lipinski definition) is 3. The Morgan fingerprint density at radius 3 is 2.26 bits per heavy atom. The van der Waals surface area contributed by atoms with Crippen molar-refractivity contribution in [1.82, 2.24) is 10.6 Å². The number of rotatable bonds is 11. The maximum absolute atomic E-state index is 12.1. The van der Waals surface area contributed by atoms with Crippen LogP contribution in [0.1, 0.15) is 19.4 Å². The zero-order chi connectivity index (χ0) is 25.1. The maximum Gasteiger partial charge on any atom is 0.514 e. The summed E-state index contributed by atoms with van der Waals surface area (Å²) in [6.45, 7) is 3.15. The summed E-state index contributed by atoms with van der Waals surface area (Å²) in [6, 6.07) is 10.6. The lowest BCUT2D eigenvalue weighted by atomic mass is 10.0. The molecule has 2 rings (SSSR count). The standard InChI is InChI=1S/C22H24N4O8/c1-14(2)20(24-13-27)21(29)23-11-19(28)25-16-5-3-15(4-6-16)12-33-22(30)34-18-9-7-17(8-10-18)26(31)32/h3-10,13-14,20H,11-12H2,1-2H3,(H,23,29)(H,24,27)(H,25,28). The highest BCUT2D eigenvalue weighted by atomic mass is 16.7. The topological polar surface area (TPSA) is 166 Å². The smallest absolute Gasteiger partial charge is 0.429 e. The molecule has 180 valence electrons. The molecule has 0 bridgehead atoms. The second-order valence-electron chi connectivity index (χ2n) is 7.36. The van der Waals surface area contributed by atoms with Gasteiger partial charge in [0.25, 0.3) is 5.69 Å². The van der Waals surface area contributed by atoms with Crippen LogP contribution in [0, 0.1) is 16.0 Å². The molecule has 2 aromatic carbocycles. The van der Waals surface area contributed by atoms with Crippen molar-refractivity contribution in [3.63, 3.8) is 0 Å². The van der Waals surface area contributed by atoms with E-state index >= 15 is 0 Å². The highest BCUT2D eigenvalue weighted by Gasteiger charge is 2.21. The van der Waals surface area contributed by atoms with E-state index in [0.29, 0.717) is 17.7 Å². The predicted octanol–water partition coefficient (Wildman–Crippen LogP) is 2.14. The molecular weight excluding hydrogens is 448 g/mol. The lowest BCUT2D eigenvalue weighted by molar-refractivity contribution is -0.384. The van der Waals surface area contributed by atoms with E-state index in [9.17, 15) is 29.3 Å². The summed E-state index contributed by atoms with van der Waals surface area (Å²) in [5.74, 6) is -0.972. The maximum atomic E-state index is 12.1. The van der Waals surface area contributed by atoms with Crippen molar-refractivity contribution in [2.24, 2.45) is 5.92 Å². The van der Waals surface area contributed by atoms with Crippen LogP contribution in [0.4, 0.5) is 16.2 Å². The number of anilines is 1. The van der Waals surface area contributed by atoms with Crippen LogP contribution >= 0.6 is 0 Å². The zero-order valence-electron chi connectivity index (χ0n) is 18.5. The summed E-state index contributed by atoms with van der Waals surface area (Å²) in [4.78, 5) is 56.6. The summed E-state index contributed by atoms with van der Waals surface area (Å²) in [5.41, 5.74) is 0.944. The van der Waals surface area contributed by atoms with Gasteiger partial charge in [-0.1, -0.05) is 26.0 Å². The fraction of sp³-hybridized carbons (Fsp3) is 0.273. The van der Waals surface area contributed by atoms with Crippen LogP contribution in [0.15, 0.2) is 48.5 Å². The highest BCUT2D eigenvalue weighted by Crippen LogP contribution is 2.18. The van der Waals surface area contributed by atoms with E-state index in [-0.39, 0.29) is 30.5 Å². The van der Waals surface area contributed by atoms with Gasteiger partial charge in [-0.15, -0.1) is 0 Å². The number of nitrogens with zero attached hydrogens (tertiary/aromatic N) is 1. The van der Waals surface area contributed by atoms with E-state index < -0.39 is 28.9 Å². The van der Waals surface area contributed by atoms with Crippen LogP contribution in [0.25, 0.3) is 0 Å². The van der Waals surface area contributed by atoms with Crippen LogP contribution in [-0.4, -0.2) is 41.9 Å². The number of carbonyl (C=O) groups is 4. The number of nitro groups is 1. The molecule has 0 heterocycles. The van der Waals surface area contributed by atoms with Gasteiger partial charge in [-0.3, -0.25) is 24.5 Å². The molecule has 3 amide bonds. The summed E-state index contributed by atoms with van der Waals surface area (Å²) in [5, 5.41) is 18.1. The van der Waals surface area contributed by atoms with Gasteiger partial charge in [-0.05, 0) is 35.7 Å². The summed E-state index contributed by atoms with van der Waals surface area (Å²) >= 11 is 0. The lowest BCUT2D eigenvalue weighted by Crippen LogP contribution is -2.48. The Morgan fingerprint density at radius 2 is 1.71 bits per heavy atom. The fourth-order valence-electron chi connectivity index (χ4n) is 2.71. The van der Waals surface area contributed by atoms with E-state index in [1.807, 2.05) is 0 Å². The number of amides is 3. The van der Waals surface area contributed by atoms with Gasteiger partial charge in [0.05, 0.1) is 11.5 Å². The monoisotopic (exact) mass is 472 g/mol. The average molecular weight is 472 g/mol. The van der Waals surface area contributed by atoms with Gasteiger partial charge in [-0.2, -0.15) is 0 Å². The molecule has 3 N–H and O–H groups in total. The van der Waals surface area contributed by atoms with E-state index in [4.69, 9.17) is 9.47 Å². The van der Waals surface area contributed by atoms with Crippen LogP contribution < -0.4 is 20.7 Å². The van der Waals surface area contributed by atoms with Gasteiger partial charge in [-0.25, -0.2) is 4.79 Å². The fourth-order valence-corrected chi connectivity index (χ4v) is 2.71. The number of hydrogen-bond acceptors (Lipinski definition) is 8. The van der Waals surface area contributed by atoms with E-state index in [2.05, 4.69) is 16.0 Å². The highest BCUT2D eigenvalue weighted by molar-refractivity contribution is 5.95. The minimum absolute atomic E-state index is 0.0995. The molecule has 1 atom stereocenters. The van der Waals surface area contributed by atoms with E-state index in [0.717, 1.165) is 0 Å². The molecule has 0 aliphatic carbocycles. The van der Waals surface area contributed by atoms with Crippen LogP contribution in [0.5, 0.6) is 5.75 Å². The second kappa shape index (κ2) is 12.5. The first kappa shape index (κ1) is 25.8. The van der Waals surface area contributed by atoms with Crippen molar-refractivity contribution in [3.05, 3.63) is 64.2 Å². The van der Waals surface area contributed by atoms with Gasteiger partial charge < -0.3 is 25.4 Å². The molecule has 0 fully saturated rings. The van der Waals surface area contributed by atoms with Gasteiger partial charge in [0, 0.05) is 17.8 Å². The second-order valence-corrected chi connectivity index (χ2v) is 7.36. The Hall–Kier alpha value is -4.48. The summed E-state index contributed by atoms with van der Waals surface area (Å²) in [6.07, 6.45) is -0.545. The largest absolute Gasteiger partial charge is 0.514 e. The molecule has 34 heavy (non-hydrogen) atoms. The van der Waals surface area contributed by atoms with E-state index in [1.54, 1.807) is 38.1 Å². The molecule has 0 saturated heterocycles. The third-order valence-electron chi connectivity index (χ3n) is 4.46. The Bertz CT molecular complexity index is 1020. The first-order valence-electron chi connectivity index (χ1n) is 10.1. The van der Waals surface area contributed by atoms with Crippen LogP contribution in [0.2, 0.25) is 0 Å². The number of benzene rings is 2. The Morgan fingerprint density at radius 1 is 1.06 bits per heavy atom. The number of non-ortho nitro benzene ring substituents is 1. The molecule has 1 unspecified atom stereocenters. The Kier molecular flexibility index (Phi) is 9.50. The molecule has 12 nitrogen and oxygen atoms in total. The van der Waals surface area contributed by atoms with Gasteiger partial charge in [0.15, 0.2) is 0 Å². The van der Waals surface area contributed by atoms with Crippen molar-refractivity contribution >= 4 is 35.8 Å². The molecule has 2 aromatic rings. The molecule has 12 heteroatoms. The van der Waals surface area contributed by atoms with Crippen LogP contribution in [-0.2, 0) is 25.7 Å². The molecule has 0 radical (unpaired) electrons. The van der Waals surface area contributed by atoms with Crippen molar-refractivity contribution < 1.29 is 33.6 Å². The minimum atomic E-state index is -0.981. The van der Waals surface area contributed by atoms with Crippen molar-refractivity contribution in [2.45, 2.75) is 26.5 Å². The van der Waals surface area contributed by atoms with Crippen LogP contribution in [0.3, 0.4) is 0 Å². The normalized spacial score (nSPS) is 11.1. The Labute approximate surface area is 194 Å². The molecule has 0 aromatic heterocycles. The van der Waals surface area contributed by atoms with Crippen molar-refractivity contribution in [2.75, 3.05) is 11.9 Å². The summed E-state index contributed by atoms with van der Waals surface area (Å²) < 4.78 is 9.94. The number of nitrogens with one attached hydrogen (secondary N) is 3. The molecule has 0 saturated carbocycles. The average Bonchev–Trinajstić information content (AvgIpc) is 2.80. The van der Waals surface area contributed by atoms with Gasteiger partial charge in [0.1, 0.15) is 18.4 Å². The lowest BCUT2D eigenvalue weighted by Gasteiger charge is -2.19. The Balaban J connectivity index is 1.77. The number of nitro benzene ring substituents is 1.